The molecule has 0 aliphatic rings. The highest BCUT2D eigenvalue weighted by Crippen LogP contribution is 2.06. The predicted molar refractivity (Wildman–Crippen MR) is 46.5 cm³/mol. The second-order valence-electron chi connectivity index (χ2n) is 2.46. The normalized spacial score (nSPS) is 10.9. The lowest BCUT2D eigenvalue weighted by Gasteiger charge is -1.96. The summed E-state index contributed by atoms with van der Waals surface area (Å²) in [5.74, 6) is -0.800. The highest BCUT2D eigenvalue weighted by atomic mass is 32.1. The number of fused-ring (bicyclic) bond motifs is 1. The van der Waals surface area contributed by atoms with E-state index >= 15 is 0 Å². The van der Waals surface area contributed by atoms with Crippen molar-refractivity contribution in [2.45, 2.75) is 13.3 Å². The number of hydrogen-bond donors (Lipinski definition) is 0. The van der Waals surface area contributed by atoms with Crippen LogP contribution in [0.25, 0.3) is 4.96 Å². The van der Waals surface area contributed by atoms with Crippen LogP contribution in [-0.2, 0) is 6.42 Å². The molecule has 0 N–H and O–H groups in total. The average molecular weight is 199 g/mol. The van der Waals surface area contributed by atoms with Crippen LogP contribution in [0.2, 0.25) is 0 Å². The van der Waals surface area contributed by atoms with Gasteiger partial charge in [0.05, 0.1) is 5.69 Å². The van der Waals surface area contributed by atoms with Gasteiger partial charge in [0, 0.05) is 0 Å². The number of hydrogen-bond acceptors (Lipinski definition) is 4. The van der Waals surface area contributed by atoms with E-state index in [2.05, 4.69) is 10.1 Å². The van der Waals surface area contributed by atoms with Crippen LogP contribution < -0.4 is 5.56 Å². The standard InChI is InChI=1S/C7H6FN3OS/c1-2-4-5(8)6(12)11-7(10-4)13-3-9-11/h3H,2H2,1H3. The number of nitrogens with zero attached hydrogens (tertiary/aromatic N) is 3. The highest BCUT2D eigenvalue weighted by molar-refractivity contribution is 7.14. The second kappa shape index (κ2) is 2.88. The third-order valence-corrected chi connectivity index (χ3v) is 2.38. The molecule has 2 rings (SSSR count). The summed E-state index contributed by atoms with van der Waals surface area (Å²) in [4.78, 5) is 15.7. The lowest BCUT2D eigenvalue weighted by Crippen LogP contribution is -2.20. The first-order valence-corrected chi connectivity index (χ1v) is 4.63. The van der Waals surface area contributed by atoms with Gasteiger partial charge in [0.1, 0.15) is 5.51 Å². The minimum atomic E-state index is -0.800. The average Bonchev–Trinajstić information content (AvgIpc) is 2.59. The Bertz CT molecular complexity index is 504. The lowest BCUT2D eigenvalue weighted by atomic mass is 10.3. The van der Waals surface area contributed by atoms with Gasteiger partial charge in [-0.15, -0.1) is 0 Å². The van der Waals surface area contributed by atoms with Crippen LogP contribution in [0.5, 0.6) is 0 Å². The fourth-order valence-electron chi connectivity index (χ4n) is 1.05. The third-order valence-electron chi connectivity index (χ3n) is 1.70. The molecule has 0 saturated carbocycles. The van der Waals surface area contributed by atoms with Gasteiger partial charge in [0.2, 0.25) is 10.8 Å². The SMILES string of the molecule is CCc1nc2scnn2c(=O)c1F. The minimum Gasteiger partial charge on any atom is -0.264 e. The Labute approximate surface area is 76.7 Å². The molecule has 0 saturated heterocycles. The van der Waals surface area contributed by atoms with Gasteiger partial charge in [-0.2, -0.15) is 14.0 Å². The Morgan fingerprint density at radius 2 is 2.46 bits per heavy atom. The van der Waals surface area contributed by atoms with Gasteiger partial charge in [0.15, 0.2) is 0 Å². The van der Waals surface area contributed by atoms with Crippen molar-refractivity contribution in [2.75, 3.05) is 0 Å². The summed E-state index contributed by atoms with van der Waals surface area (Å²) in [6, 6.07) is 0. The van der Waals surface area contributed by atoms with Gasteiger partial charge in [-0.3, -0.25) is 4.79 Å². The van der Waals surface area contributed by atoms with Crippen molar-refractivity contribution in [1.82, 2.24) is 14.6 Å². The Morgan fingerprint density at radius 3 is 3.15 bits per heavy atom. The summed E-state index contributed by atoms with van der Waals surface area (Å²) in [5, 5.41) is 3.67. The highest BCUT2D eigenvalue weighted by Gasteiger charge is 2.11. The second-order valence-corrected chi connectivity index (χ2v) is 3.28. The first kappa shape index (κ1) is 8.31. The molecule has 2 aromatic rings. The van der Waals surface area contributed by atoms with E-state index in [-0.39, 0.29) is 5.69 Å². The topological polar surface area (TPSA) is 47.3 Å². The molecule has 0 atom stereocenters. The minimum absolute atomic E-state index is 0.203. The molecular formula is C7H6FN3OS. The fraction of sp³-hybridized carbons (Fsp3) is 0.286. The summed E-state index contributed by atoms with van der Waals surface area (Å²) < 4.78 is 14.1. The summed E-state index contributed by atoms with van der Waals surface area (Å²) in [5.41, 5.74) is 0.945. The summed E-state index contributed by atoms with van der Waals surface area (Å²) in [7, 11) is 0. The number of rotatable bonds is 1. The molecule has 0 fully saturated rings. The van der Waals surface area contributed by atoms with Gasteiger partial charge >= 0.3 is 5.56 Å². The number of aromatic nitrogens is 3. The van der Waals surface area contributed by atoms with E-state index in [0.717, 1.165) is 4.52 Å². The maximum atomic E-state index is 13.2. The van der Waals surface area contributed by atoms with E-state index in [9.17, 15) is 9.18 Å². The van der Waals surface area contributed by atoms with Crippen LogP contribution >= 0.6 is 11.3 Å². The molecule has 13 heavy (non-hydrogen) atoms. The van der Waals surface area contributed by atoms with Crippen LogP contribution in [0.4, 0.5) is 4.39 Å². The van der Waals surface area contributed by atoms with Crippen LogP contribution in [0.15, 0.2) is 10.3 Å². The Kier molecular flexibility index (Phi) is 1.84. The van der Waals surface area contributed by atoms with Crippen molar-refractivity contribution in [1.29, 1.82) is 0 Å². The van der Waals surface area contributed by atoms with Crippen molar-refractivity contribution in [3.63, 3.8) is 0 Å². The third kappa shape index (κ3) is 1.14. The number of halogens is 1. The summed E-state index contributed by atoms with van der Waals surface area (Å²) in [6.07, 6.45) is 0.412. The maximum Gasteiger partial charge on any atom is 0.311 e. The van der Waals surface area contributed by atoms with E-state index in [1.807, 2.05) is 0 Å². The Hall–Kier alpha value is -1.30. The van der Waals surface area contributed by atoms with Gasteiger partial charge < -0.3 is 0 Å². The molecule has 0 radical (unpaired) electrons. The van der Waals surface area contributed by atoms with E-state index in [0.29, 0.717) is 11.4 Å². The maximum absolute atomic E-state index is 13.2. The van der Waals surface area contributed by atoms with Gasteiger partial charge in [-0.1, -0.05) is 18.3 Å². The largest absolute Gasteiger partial charge is 0.311 e. The van der Waals surface area contributed by atoms with Crippen LogP contribution in [0.3, 0.4) is 0 Å². The molecule has 68 valence electrons. The Morgan fingerprint density at radius 1 is 1.69 bits per heavy atom. The molecule has 0 aromatic carbocycles. The van der Waals surface area contributed by atoms with E-state index in [4.69, 9.17) is 0 Å². The molecule has 2 heterocycles. The van der Waals surface area contributed by atoms with Crippen molar-refractivity contribution in [2.24, 2.45) is 0 Å². The quantitative estimate of drug-likeness (QED) is 0.684. The molecule has 0 aliphatic carbocycles. The molecule has 0 bridgehead atoms. The molecule has 0 spiro atoms. The Balaban J connectivity index is 2.92. The monoisotopic (exact) mass is 199 g/mol. The van der Waals surface area contributed by atoms with Crippen LogP contribution in [-0.4, -0.2) is 14.6 Å². The fourth-order valence-corrected chi connectivity index (χ4v) is 1.67. The summed E-state index contributed by atoms with van der Waals surface area (Å²) in [6.45, 7) is 1.75. The van der Waals surface area contributed by atoms with E-state index < -0.39 is 11.4 Å². The number of aryl methyl sites for hydroxylation is 1. The lowest BCUT2D eigenvalue weighted by molar-refractivity contribution is 0.572. The summed E-state index contributed by atoms with van der Waals surface area (Å²) >= 11 is 1.21. The zero-order valence-corrected chi connectivity index (χ0v) is 7.64. The molecule has 0 unspecified atom stereocenters. The molecular weight excluding hydrogens is 193 g/mol. The van der Waals surface area contributed by atoms with Gasteiger partial charge in [-0.25, -0.2) is 4.98 Å². The first-order valence-electron chi connectivity index (χ1n) is 3.75. The molecule has 0 aliphatic heterocycles. The van der Waals surface area contributed by atoms with Crippen molar-refractivity contribution >= 4 is 16.3 Å². The molecule has 0 amide bonds. The predicted octanol–water partition coefficient (Wildman–Crippen LogP) is 0.852. The van der Waals surface area contributed by atoms with Gasteiger partial charge in [-0.05, 0) is 6.42 Å². The van der Waals surface area contributed by atoms with E-state index in [1.54, 1.807) is 6.92 Å². The smallest absolute Gasteiger partial charge is 0.264 e. The van der Waals surface area contributed by atoms with Crippen molar-refractivity contribution < 1.29 is 4.39 Å². The van der Waals surface area contributed by atoms with Crippen LogP contribution in [0.1, 0.15) is 12.6 Å². The van der Waals surface area contributed by atoms with Crippen molar-refractivity contribution in [3.05, 3.63) is 27.4 Å². The molecule has 6 heteroatoms. The zero-order valence-electron chi connectivity index (χ0n) is 6.82. The van der Waals surface area contributed by atoms with Crippen LogP contribution in [0, 0.1) is 5.82 Å². The zero-order chi connectivity index (χ0) is 9.42. The van der Waals surface area contributed by atoms with E-state index in [1.165, 1.54) is 16.8 Å². The van der Waals surface area contributed by atoms with Gasteiger partial charge in [0.25, 0.3) is 0 Å². The van der Waals surface area contributed by atoms with Crippen molar-refractivity contribution in [3.8, 4) is 0 Å². The first-order chi connectivity index (χ1) is 6.24. The molecule has 2 aromatic heterocycles. The molecule has 4 nitrogen and oxygen atoms in total.